The van der Waals surface area contributed by atoms with E-state index in [0.29, 0.717) is 15.0 Å². The van der Waals surface area contributed by atoms with Crippen LogP contribution >= 0.6 is 35.2 Å². The maximum atomic E-state index is 11.8. The van der Waals surface area contributed by atoms with Gasteiger partial charge < -0.3 is 15.4 Å². The van der Waals surface area contributed by atoms with Gasteiger partial charge in [-0.1, -0.05) is 36.7 Å². The predicted molar refractivity (Wildman–Crippen MR) is 119 cm³/mol. The van der Waals surface area contributed by atoms with Crippen LogP contribution < -0.4 is 10.6 Å². The summed E-state index contributed by atoms with van der Waals surface area (Å²) in [5.41, 5.74) is 4.20. The number of ether oxygens (including phenoxy) is 1. The highest BCUT2D eigenvalue weighted by molar-refractivity contribution is 7.80. The number of thiocarbonyl (C=S) groups is 1. The van der Waals surface area contributed by atoms with Crippen LogP contribution in [0.5, 0.6) is 0 Å². The molecule has 140 valence electrons. The van der Waals surface area contributed by atoms with Gasteiger partial charge in [0, 0.05) is 21.5 Å². The Morgan fingerprint density at radius 2 is 2.04 bits per heavy atom. The Bertz CT molecular complexity index is 1030. The van der Waals surface area contributed by atoms with Crippen LogP contribution in [0.25, 0.3) is 10.1 Å². The van der Waals surface area contributed by atoms with Crippen molar-refractivity contribution in [2.24, 2.45) is 0 Å². The van der Waals surface area contributed by atoms with Crippen LogP contribution in [0.2, 0.25) is 5.02 Å². The molecule has 0 aliphatic carbocycles. The first-order valence-electron chi connectivity index (χ1n) is 8.41. The zero-order valence-electron chi connectivity index (χ0n) is 15.2. The van der Waals surface area contributed by atoms with Crippen molar-refractivity contribution < 1.29 is 9.53 Å². The van der Waals surface area contributed by atoms with E-state index in [1.54, 1.807) is 0 Å². The second-order valence-electron chi connectivity index (χ2n) is 5.99. The molecule has 0 aliphatic rings. The fourth-order valence-corrected chi connectivity index (χ4v) is 4.53. The van der Waals surface area contributed by atoms with E-state index in [1.165, 1.54) is 24.0 Å². The van der Waals surface area contributed by atoms with E-state index < -0.39 is 5.97 Å². The zero-order chi connectivity index (χ0) is 19.6. The van der Waals surface area contributed by atoms with E-state index in [-0.39, 0.29) is 0 Å². The number of aryl methyl sites for hydroxylation is 2. The van der Waals surface area contributed by atoms with Crippen LogP contribution in [-0.4, -0.2) is 18.2 Å². The molecule has 0 radical (unpaired) electrons. The molecule has 1 heterocycles. The van der Waals surface area contributed by atoms with Crippen molar-refractivity contribution in [1.82, 2.24) is 0 Å². The molecule has 27 heavy (non-hydrogen) atoms. The Balaban J connectivity index is 1.82. The fourth-order valence-electron chi connectivity index (χ4n) is 2.84. The topological polar surface area (TPSA) is 50.4 Å². The maximum Gasteiger partial charge on any atom is 0.349 e. The number of para-hydroxylation sites is 1. The molecular weight excluding hydrogens is 400 g/mol. The van der Waals surface area contributed by atoms with Crippen molar-refractivity contribution in [3.63, 3.8) is 0 Å². The average molecular weight is 419 g/mol. The van der Waals surface area contributed by atoms with E-state index in [1.807, 2.05) is 24.3 Å². The van der Waals surface area contributed by atoms with Crippen LogP contribution in [0.1, 0.15) is 27.7 Å². The van der Waals surface area contributed by atoms with Crippen molar-refractivity contribution in [3.8, 4) is 0 Å². The van der Waals surface area contributed by atoms with Crippen LogP contribution in [0.15, 0.2) is 36.4 Å². The molecule has 0 spiro atoms. The number of hydrogen-bond donors (Lipinski definition) is 2. The summed E-state index contributed by atoms with van der Waals surface area (Å²) in [5, 5.41) is 8.24. The second kappa shape index (κ2) is 8.25. The van der Waals surface area contributed by atoms with Crippen molar-refractivity contribution in [2.75, 3.05) is 17.7 Å². The van der Waals surface area contributed by atoms with Gasteiger partial charge in [-0.05, 0) is 54.9 Å². The number of nitrogens with one attached hydrogen (secondary N) is 2. The molecule has 0 bridgehead atoms. The van der Waals surface area contributed by atoms with Crippen molar-refractivity contribution >= 4 is 67.7 Å². The molecule has 4 nitrogen and oxygen atoms in total. The van der Waals surface area contributed by atoms with E-state index in [9.17, 15) is 4.79 Å². The zero-order valence-corrected chi connectivity index (χ0v) is 17.6. The van der Waals surface area contributed by atoms with Gasteiger partial charge in [-0.25, -0.2) is 4.79 Å². The third kappa shape index (κ3) is 4.08. The van der Waals surface area contributed by atoms with E-state index >= 15 is 0 Å². The number of carbonyl (C=O) groups excluding carboxylic acids is 1. The van der Waals surface area contributed by atoms with Crippen LogP contribution in [-0.2, 0) is 11.2 Å². The van der Waals surface area contributed by atoms with Crippen molar-refractivity contribution in [3.05, 3.63) is 57.4 Å². The van der Waals surface area contributed by atoms with Crippen molar-refractivity contribution in [1.29, 1.82) is 0 Å². The highest BCUT2D eigenvalue weighted by Gasteiger charge is 2.18. The van der Waals surface area contributed by atoms with Gasteiger partial charge in [-0.15, -0.1) is 11.3 Å². The van der Waals surface area contributed by atoms with Crippen molar-refractivity contribution in [2.45, 2.75) is 20.3 Å². The lowest BCUT2D eigenvalue weighted by molar-refractivity contribution is 0.0606. The summed E-state index contributed by atoms with van der Waals surface area (Å²) < 4.78 is 5.67. The summed E-state index contributed by atoms with van der Waals surface area (Å²) in [4.78, 5) is 12.2. The summed E-state index contributed by atoms with van der Waals surface area (Å²) in [6.07, 6.45) is 0.919. The molecule has 0 aliphatic heterocycles. The first-order valence-corrected chi connectivity index (χ1v) is 10.0. The minimum absolute atomic E-state index is 0.402. The van der Waals surface area contributed by atoms with Crippen LogP contribution in [0.4, 0.5) is 11.4 Å². The Kier molecular flexibility index (Phi) is 5.99. The molecule has 3 rings (SSSR count). The minimum atomic E-state index is -0.431. The first kappa shape index (κ1) is 19.6. The van der Waals surface area contributed by atoms with Gasteiger partial charge in [0.2, 0.25) is 0 Å². The lowest BCUT2D eigenvalue weighted by atomic mass is 10.1. The van der Waals surface area contributed by atoms with E-state index in [0.717, 1.165) is 33.4 Å². The molecule has 0 saturated heterocycles. The third-order valence-electron chi connectivity index (χ3n) is 4.24. The lowest BCUT2D eigenvalue weighted by Crippen LogP contribution is -2.20. The molecule has 2 aromatic carbocycles. The molecule has 7 heteroatoms. The fraction of sp³-hybridized carbons (Fsp3) is 0.200. The molecule has 3 aromatic rings. The largest absolute Gasteiger partial charge is 0.465 e. The number of thiophene rings is 1. The highest BCUT2D eigenvalue weighted by atomic mass is 35.5. The first-order chi connectivity index (χ1) is 12.9. The standard InChI is InChI=1S/C20H19ClN2O2S2/c1-4-12-7-5-6-11(2)17(12)23-20(26)22-13-8-9-14-15(10-13)27-18(16(14)21)19(24)25-3/h5-10H,4H2,1-3H3,(H2,22,23,26). The van der Waals surface area contributed by atoms with Crippen LogP contribution in [0, 0.1) is 6.92 Å². The summed E-state index contributed by atoms with van der Waals surface area (Å²) in [5.74, 6) is -0.431. The van der Waals surface area contributed by atoms with Gasteiger partial charge in [0.05, 0.1) is 12.1 Å². The molecule has 1 aromatic heterocycles. The normalized spacial score (nSPS) is 10.7. The molecule has 0 saturated carbocycles. The molecule has 2 N–H and O–H groups in total. The Labute approximate surface area is 172 Å². The van der Waals surface area contributed by atoms with Gasteiger partial charge in [-0.3, -0.25) is 0 Å². The predicted octanol–water partition coefficient (Wildman–Crippen LogP) is 6.02. The number of methoxy groups -OCH3 is 1. The minimum Gasteiger partial charge on any atom is -0.465 e. The molecule has 0 unspecified atom stereocenters. The third-order valence-corrected chi connectivity index (χ3v) is 6.08. The number of halogens is 1. The van der Waals surface area contributed by atoms with Gasteiger partial charge in [0.1, 0.15) is 4.88 Å². The number of carbonyl (C=O) groups is 1. The molecule has 0 atom stereocenters. The highest BCUT2D eigenvalue weighted by Crippen LogP contribution is 2.37. The number of rotatable bonds is 4. The number of benzene rings is 2. The molecular formula is C20H19ClN2O2S2. The number of anilines is 2. The second-order valence-corrected chi connectivity index (χ2v) is 7.83. The van der Waals surface area contributed by atoms with Gasteiger partial charge >= 0.3 is 5.97 Å². The average Bonchev–Trinajstić information content (AvgIpc) is 2.98. The quantitative estimate of drug-likeness (QED) is 0.400. The SMILES string of the molecule is CCc1cccc(C)c1NC(=S)Nc1ccc2c(Cl)c(C(=O)OC)sc2c1. The number of hydrogen-bond acceptors (Lipinski definition) is 4. The number of esters is 1. The van der Waals surface area contributed by atoms with E-state index in [4.69, 9.17) is 28.6 Å². The Hall–Kier alpha value is -2.15. The summed E-state index contributed by atoms with van der Waals surface area (Å²) in [6, 6.07) is 11.9. The summed E-state index contributed by atoms with van der Waals surface area (Å²) >= 11 is 13.1. The Morgan fingerprint density at radius 1 is 1.26 bits per heavy atom. The van der Waals surface area contributed by atoms with Gasteiger partial charge in [-0.2, -0.15) is 0 Å². The summed E-state index contributed by atoms with van der Waals surface area (Å²) in [6.45, 7) is 4.17. The molecule has 0 fully saturated rings. The van der Waals surface area contributed by atoms with Gasteiger partial charge in [0.25, 0.3) is 0 Å². The lowest BCUT2D eigenvalue weighted by Gasteiger charge is -2.16. The van der Waals surface area contributed by atoms with E-state index in [2.05, 4.69) is 36.6 Å². The van der Waals surface area contributed by atoms with Gasteiger partial charge in [0.15, 0.2) is 5.11 Å². The smallest absolute Gasteiger partial charge is 0.349 e. The summed E-state index contributed by atoms with van der Waals surface area (Å²) in [7, 11) is 1.34. The van der Waals surface area contributed by atoms with Crippen LogP contribution in [0.3, 0.4) is 0 Å². The molecule has 0 amide bonds. The number of fused-ring (bicyclic) bond motifs is 1. The monoisotopic (exact) mass is 418 g/mol. The Morgan fingerprint density at radius 3 is 2.74 bits per heavy atom. The maximum absolute atomic E-state index is 11.8.